The SMILES string of the molecule is CCOC(=O)CCc1ccc(-c2ccc(C(=O)OCC)cc2)n1-c1ccc(C(N)=O)cc1C. The molecule has 0 unspecified atom stereocenters. The summed E-state index contributed by atoms with van der Waals surface area (Å²) in [5.74, 6) is -1.12. The van der Waals surface area contributed by atoms with Crippen molar-refractivity contribution in [3.8, 4) is 16.9 Å². The quantitative estimate of drug-likeness (QED) is 0.494. The molecule has 172 valence electrons. The van der Waals surface area contributed by atoms with Gasteiger partial charge in [0.1, 0.15) is 0 Å². The van der Waals surface area contributed by atoms with E-state index in [1.165, 1.54) is 0 Å². The molecule has 0 spiro atoms. The summed E-state index contributed by atoms with van der Waals surface area (Å²) in [6, 6.07) is 16.4. The second-order valence-electron chi connectivity index (χ2n) is 7.51. The van der Waals surface area contributed by atoms with Gasteiger partial charge in [-0.25, -0.2) is 4.79 Å². The van der Waals surface area contributed by atoms with Gasteiger partial charge in [0.05, 0.1) is 30.9 Å². The third-order valence-electron chi connectivity index (χ3n) is 5.27. The zero-order valence-electron chi connectivity index (χ0n) is 19.1. The summed E-state index contributed by atoms with van der Waals surface area (Å²) in [5.41, 5.74) is 10.8. The van der Waals surface area contributed by atoms with E-state index < -0.39 is 5.91 Å². The molecule has 1 aromatic heterocycles. The molecule has 2 aromatic carbocycles. The van der Waals surface area contributed by atoms with E-state index in [1.54, 1.807) is 38.1 Å². The van der Waals surface area contributed by atoms with Crippen molar-refractivity contribution in [2.24, 2.45) is 5.73 Å². The van der Waals surface area contributed by atoms with Crippen LogP contribution in [-0.2, 0) is 20.7 Å². The fourth-order valence-electron chi connectivity index (χ4n) is 3.70. The van der Waals surface area contributed by atoms with E-state index >= 15 is 0 Å². The first-order valence-electron chi connectivity index (χ1n) is 10.9. The van der Waals surface area contributed by atoms with Gasteiger partial charge in [-0.05, 0) is 80.8 Å². The van der Waals surface area contributed by atoms with Gasteiger partial charge >= 0.3 is 11.9 Å². The van der Waals surface area contributed by atoms with Crippen molar-refractivity contribution in [3.63, 3.8) is 0 Å². The number of nitrogens with two attached hydrogens (primary N) is 1. The summed E-state index contributed by atoms with van der Waals surface area (Å²) in [5, 5.41) is 0. The Balaban J connectivity index is 2.05. The lowest BCUT2D eigenvalue weighted by Crippen LogP contribution is -2.12. The average Bonchev–Trinajstić information content (AvgIpc) is 3.21. The summed E-state index contributed by atoms with van der Waals surface area (Å²) in [6.45, 7) is 6.11. The predicted octanol–water partition coefficient (Wildman–Crippen LogP) is 4.22. The predicted molar refractivity (Wildman–Crippen MR) is 125 cm³/mol. The number of carbonyl (C=O) groups is 3. The fraction of sp³-hybridized carbons (Fsp3) is 0.269. The molecule has 1 amide bonds. The van der Waals surface area contributed by atoms with E-state index in [0.29, 0.717) is 30.8 Å². The number of primary amides is 1. The van der Waals surface area contributed by atoms with Gasteiger partial charge in [0, 0.05) is 16.9 Å². The normalized spacial score (nSPS) is 10.6. The molecule has 0 aliphatic heterocycles. The van der Waals surface area contributed by atoms with E-state index in [1.807, 2.05) is 37.3 Å². The van der Waals surface area contributed by atoms with Gasteiger partial charge in [0.15, 0.2) is 0 Å². The van der Waals surface area contributed by atoms with Crippen LogP contribution >= 0.6 is 0 Å². The summed E-state index contributed by atoms with van der Waals surface area (Å²) in [7, 11) is 0. The molecule has 7 heteroatoms. The van der Waals surface area contributed by atoms with E-state index in [0.717, 1.165) is 28.2 Å². The fourth-order valence-corrected chi connectivity index (χ4v) is 3.70. The van der Waals surface area contributed by atoms with Gasteiger partial charge in [0.25, 0.3) is 0 Å². The first-order valence-corrected chi connectivity index (χ1v) is 10.9. The van der Waals surface area contributed by atoms with Gasteiger partial charge in [-0.2, -0.15) is 0 Å². The van der Waals surface area contributed by atoms with E-state index in [4.69, 9.17) is 15.2 Å². The molecule has 0 aliphatic carbocycles. The van der Waals surface area contributed by atoms with Gasteiger partial charge in [-0.1, -0.05) is 12.1 Å². The monoisotopic (exact) mass is 448 g/mol. The van der Waals surface area contributed by atoms with Crippen LogP contribution in [0.5, 0.6) is 0 Å². The van der Waals surface area contributed by atoms with Crippen molar-refractivity contribution in [1.82, 2.24) is 4.57 Å². The standard InChI is InChI=1S/C26H28N2O5/c1-4-32-24(29)15-12-21-11-14-23(18-6-8-19(9-7-18)26(31)33-5-2)28(21)22-13-10-20(25(27)30)16-17(22)3/h6-11,13-14,16H,4-5,12,15H2,1-3H3,(H2,27,30). The number of aromatic nitrogens is 1. The van der Waals surface area contributed by atoms with Gasteiger partial charge in [-0.15, -0.1) is 0 Å². The second-order valence-corrected chi connectivity index (χ2v) is 7.51. The lowest BCUT2D eigenvalue weighted by molar-refractivity contribution is -0.143. The van der Waals surface area contributed by atoms with Crippen LogP contribution in [0.3, 0.4) is 0 Å². The molecule has 0 saturated heterocycles. The van der Waals surface area contributed by atoms with Crippen LogP contribution in [0.2, 0.25) is 0 Å². The van der Waals surface area contributed by atoms with Crippen molar-refractivity contribution in [2.45, 2.75) is 33.6 Å². The number of carbonyl (C=O) groups excluding carboxylic acids is 3. The molecule has 0 aliphatic rings. The first-order chi connectivity index (χ1) is 15.8. The number of hydrogen-bond donors (Lipinski definition) is 1. The average molecular weight is 449 g/mol. The number of ether oxygens (including phenoxy) is 2. The van der Waals surface area contributed by atoms with Gasteiger partial charge in [-0.3, -0.25) is 9.59 Å². The topological polar surface area (TPSA) is 101 Å². The minimum atomic E-state index is -0.491. The second kappa shape index (κ2) is 10.6. The van der Waals surface area contributed by atoms with Crippen LogP contribution in [-0.4, -0.2) is 35.6 Å². The number of aryl methyl sites for hydroxylation is 2. The summed E-state index contributed by atoms with van der Waals surface area (Å²) >= 11 is 0. The Morgan fingerprint density at radius 3 is 2.15 bits per heavy atom. The largest absolute Gasteiger partial charge is 0.466 e. The van der Waals surface area contributed by atoms with Crippen molar-refractivity contribution < 1.29 is 23.9 Å². The molecule has 0 fully saturated rings. The van der Waals surface area contributed by atoms with E-state index in [-0.39, 0.29) is 18.4 Å². The Kier molecular flexibility index (Phi) is 7.66. The lowest BCUT2D eigenvalue weighted by atomic mass is 10.1. The minimum Gasteiger partial charge on any atom is -0.466 e. The highest BCUT2D eigenvalue weighted by Gasteiger charge is 2.17. The summed E-state index contributed by atoms with van der Waals surface area (Å²) in [4.78, 5) is 35.6. The molecule has 7 nitrogen and oxygen atoms in total. The molecule has 33 heavy (non-hydrogen) atoms. The van der Waals surface area contributed by atoms with Crippen molar-refractivity contribution in [2.75, 3.05) is 13.2 Å². The van der Waals surface area contributed by atoms with Gasteiger partial charge < -0.3 is 19.8 Å². The molecular formula is C26H28N2O5. The number of rotatable bonds is 9. The lowest BCUT2D eigenvalue weighted by Gasteiger charge is -2.17. The van der Waals surface area contributed by atoms with Crippen LogP contribution in [0.15, 0.2) is 54.6 Å². The van der Waals surface area contributed by atoms with Crippen LogP contribution < -0.4 is 5.73 Å². The van der Waals surface area contributed by atoms with Crippen molar-refractivity contribution >= 4 is 17.8 Å². The van der Waals surface area contributed by atoms with Crippen molar-refractivity contribution in [1.29, 1.82) is 0 Å². The number of benzene rings is 2. The maximum Gasteiger partial charge on any atom is 0.338 e. The number of nitrogens with zero attached hydrogens (tertiary/aromatic N) is 1. The smallest absolute Gasteiger partial charge is 0.338 e. The number of esters is 2. The molecule has 1 heterocycles. The van der Waals surface area contributed by atoms with Crippen molar-refractivity contribution in [3.05, 3.63) is 77.0 Å². The molecular weight excluding hydrogens is 420 g/mol. The van der Waals surface area contributed by atoms with Crippen LogP contribution in [0.1, 0.15) is 52.2 Å². The zero-order chi connectivity index (χ0) is 24.0. The Labute approximate surface area is 193 Å². The van der Waals surface area contributed by atoms with Crippen LogP contribution in [0.4, 0.5) is 0 Å². The molecule has 0 atom stereocenters. The maximum atomic E-state index is 12.0. The molecule has 3 rings (SSSR count). The van der Waals surface area contributed by atoms with Gasteiger partial charge in [0.2, 0.25) is 5.91 Å². The Hall–Kier alpha value is -3.87. The van der Waals surface area contributed by atoms with Crippen LogP contribution in [0.25, 0.3) is 16.9 Å². The molecule has 0 saturated carbocycles. The summed E-state index contributed by atoms with van der Waals surface area (Å²) in [6.07, 6.45) is 0.730. The molecule has 3 aromatic rings. The maximum absolute atomic E-state index is 12.0. The molecule has 0 bridgehead atoms. The highest BCUT2D eigenvalue weighted by Crippen LogP contribution is 2.30. The highest BCUT2D eigenvalue weighted by atomic mass is 16.5. The third kappa shape index (κ3) is 5.49. The van der Waals surface area contributed by atoms with Crippen LogP contribution in [0, 0.1) is 6.92 Å². The van der Waals surface area contributed by atoms with E-state index in [9.17, 15) is 14.4 Å². The minimum absolute atomic E-state index is 0.248. The highest BCUT2D eigenvalue weighted by molar-refractivity contribution is 5.93. The Bertz CT molecular complexity index is 1160. The summed E-state index contributed by atoms with van der Waals surface area (Å²) < 4.78 is 12.2. The molecule has 0 radical (unpaired) electrons. The zero-order valence-corrected chi connectivity index (χ0v) is 19.1. The Morgan fingerprint density at radius 1 is 0.879 bits per heavy atom. The Morgan fingerprint density at radius 2 is 1.55 bits per heavy atom. The van der Waals surface area contributed by atoms with E-state index in [2.05, 4.69) is 4.57 Å². The molecule has 2 N–H and O–H groups in total. The third-order valence-corrected chi connectivity index (χ3v) is 5.27. The number of amides is 1. The number of hydrogen-bond acceptors (Lipinski definition) is 5. The first kappa shape index (κ1) is 23.8.